The van der Waals surface area contributed by atoms with Gasteiger partial charge in [-0.2, -0.15) is 0 Å². The highest BCUT2D eigenvalue weighted by Gasteiger charge is 2.21. The van der Waals surface area contributed by atoms with Crippen molar-refractivity contribution in [3.63, 3.8) is 0 Å². The van der Waals surface area contributed by atoms with E-state index >= 15 is 0 Å². The Hall–Kier alpha value is -2.20. The van der Waals surface area contributed by atoms with Crippen molar-refractivity contribution in [1.82, 2.24) is 4.98 Å². The topological polar surface area (TPSA) is 42.0 Å². The normalized spacial score (nSPS) is 17.0. The van der Waals surface area contributed by atoms with E-state index in [2.05, 4.69) is 23.3 Å². The summed E-state index contributed by atoms with van der Waals surface area (Å²) in [5, 5.41) is 4.02. The van der Waals surface area contributed by atoms with E-state index in [4.69, 9.17) is 0 Å². The van der Waals surface area contributed by atoms with Gasteiger partial charge in [0.05, 0.1) is 16.1 Å². The zero-order valence-electron chi connectivity index (χ0n) is 13.0. The largest absolute Gasteiger partial charge is 0.321 e. The Bertz CT molecular complexity index is 879. The molecule has 0 aliphatic heterocycles. The van der Waals surface area contributed by atoms with Gasteiger partial charge in [-0.3, -0.25) is 9.78 Å². The van der Waals surface area contributed by atoms with Crippen LogP contribution < -0.4 is 5.32 Å². The minimum atomic E-state index is -0.0200. The summed E-state index contributed by atoms with van der Waals surface area (Å²) in [5.41, 5.74) is 3.07. The van der Waals surface area contributed by atoms with E-state index in [0.717, 1.165) is 40.2 Å². The molecule has 4 rings (SSSR count). The first-order chi connectivity index (χ1) is 11.2. The number of hydrogen-bond acceptors (Lipinski definition) is 3. The van der Waals surface area contributed by atoms with Gasteiger partial charge in [0.25, 0.3) is 5.91 Å². The lowest BCUT2D eigenvalue weighted by Gasteiger charge is -2.16. The van der Waals surface area contributed by atoms with Crippen LogP contribution in [0, 0.1) is 5.92 Å². The van der Waals surface area contributed by atoms with Gasteiger partial charge in [-0.25, -0.2) is 0 Å². The fraction of sp³-hybridized carbons (Fsp3) is 0.263. The van der Waals surface area contributed by atoms with Gasteiger partial charge in [-0.05, 0) is 61.1 Å². The summed E-state index contributed by atoms with van der Waals surface area (Å²) in [6, 6.07) is 11.8. The fourth-order valence-electron chi connectivity index (χ4n) is 3.21. The SMILES string of the molecule is CC1CCc2sc(C(=O)Nc3cccc4ncccc34)cc2C1. The number of anilines is 1. The van der Waals surface area contributed by atoms with E-state index in [9.17, 15) is 4.79 Å². The van der Waals surface area contributed by atoms with Crippen LogP contribution in [0.25, 0.3) is 10.9 Å². The second-order valence-electron chi connectivity index (χ2n) is 6.24. The molecule has 1 atom stereocenters. The van der Waals surface area contributed by atoms with Gasteiger partial charge in [0, 0.05) is 16.5 Å². The summed E-state index contributed by atoms with van der Waals surface area (Å²) >= 11 is 1.64. The van der Waals surface area contributed by atoms with Crippen LogP contribution in [0.5, 0.6) is 0 Å². The molecule has 0 radical (unpaired) electrons. The molecule has 0 saturated heterocycles. The summed E-state index contributed by atoms with van der Waals surface area (Å²) in [4.78, 5) is 19.2. The monoisotopic (exact) mass is 322 g/mol. The van der Waals surface area contributed by atoms with Crippen molar-refractivity contribution in [2.24, 2.45) is 5.92 Å². The zero-order valence-corrected chi connectivity index (χ0v) is 13.8. The average molecular weight is 322 g/mol. The fourth-order valence-corrected chi connectivity index (χ4v) is 4.32. The number of thiophene rings is 1. The highest BCUT2D eigenvalue weighted by molar-refractivity contribution is 7.14. The van der Waals surface area contributed by atoms with Crippen LogP contribution >= 0.6 is 11.3 Å². The molecule has 116 valence electrons. The van der Waals surface area contributed by atoms with Gasteiger partial charge in [-0.15, -0.1) is 11.3 Å². The van der Waals surface area contributed by atoms with Crippen LogP contribution in [-0.4, -0.2) is 10.9 Å². The maximum atomic E-state index is 12.6. The van der Waals surface area contributed by atoms with Crippen LogP contribution in [0.2, 0.25) is 0 Å². The number of carbonyl (C=O) groups is 1. The number of hydrogen-bond donors (Lipinski definition) is 1. The molecule has 3 aromatic rings. The zero-order chi connectivity index (χ0) is 15.8. The molecule has 1 aliphatic carbocycles. The Morgan fingerprint density at radius 2 is 2.22 bits per heavy atom. The second kappa shape index (κ2) is 5.78. The van der Waals surface area contributed by atoms with Crippen molar-refractivity contribution in [3.8, 4) is 0 Å². The summed E-state index contributed by atoms with van der Waals surface area (Å²) in [6.45, 7) is 2.28. The smallest absolute Gasteiger partial charge is 0.265 e. The number of rotatable bonds is 2. The van der Waals surface area contributed by atoms with Crippen LogP contribution in [0.1, 0.15) is 33.5 Å². The Morgan fingerprint density at radius 1 is 1.30 bits per heavy atom. The van der Waals surface area contributed by atoms with Crippen LogP contribution in [0.15, 0.2) is 42.6 Å². The molecule has 4 heteroatoms. The van der Waals surface area contributed by atoms with Crippen molar-refractivity contribution in [1.29, 1.82) is 0 Å². The number of carbonyl (C=O) groups excluding carboxylic acids is 1. The van der Waals surface area contributed by atoms with E-state index in [0.29, 0.717) is 0 Å². The Kier molecular flexibility index (Phi) is 3.62. The van der Waals surface area contributed by atoms with Crippen LogP contribution in [0.3, 0.4) is 0 Å². The minimum Gasteiger partial charge on any atom is -0.321 e. The first kappa shape index (κ1) is 14.4. The molecule has 1 N–H and O–H groups in total. The van der Waals surface area contributed by atoms with E-state index < -0.39 is 0 Å². The number of pyridine rings is 1. The lowest BCUT2D eigenvalue weighted by Crippen LogP contribution is -2.10. The third-order valence-corrected chi connectivity index (χ3v) is 5.68. The highest BCUT2D eigenvalue weighted by atomic mass is 32.1. The molecule has 23 heavy (non-hydrogen) atoms. The number of nitrogens with one attached hydrogen (secondary N) is 1. The number of aryl methyl sites for hydroxylation is 1. The summed E-state index contributed by atoms with van der Waals surface area (Å²) in [6.07, 6.45) is 5.19. The first-order valence-electron chi connectivity index (χ1n) is 7.97. The lowest BCUT2D eigenvalue weighted by atomic mass is 9.90. The number of benzene rings is 1. The molecular weight excluding hydrogens is 304 g/mol. The van der Waals surface area contributed by atoms with Gasteiger partial charge in [0.1, 0.15) is 0 Å². The van der Waals surface area contributed by atoms with Gasteiger partial charge in [0.15, 0.2) is 0 Å². The molecule has 1 unspecified atom stereocenters. The van der Waals surface area contributed by atoms with E-state index in [1.54, 1.807) is 17.5 Å². The molecule has 1 aromatic carbocycles. The molecule has 0 saturated carbocycles. The molecule has 2 aromatic heterocycles. The summed E-state index contributed by atoms with van der Waals surface area (Å²) in [5.74, 6) is 0.700. The molecule has 2 heterocycles. The average Bonchev–Trinajstić information content (AvgIpc) is 2.98. The highest BCUT2D eigenvalue weighted by Crippen LogP contribution is 2.33. The lowest BCUT2D eigenvalue weighted by molar-refractivity contribution is 0.103. The number of aromatic nitrogens is 1. The predicted octanol–water partition coefficient (Wildman–Crippen LogP) is 4.67. The van der Waals surface area contributed by atoms with Crippen LogP contribution in [0.4, 0.5) is 5.69 Å². The van der Waals surface area contributed by atoms with E-state index in [-0.39, 0.29) is 5.91 Å². The molecule has 0 fully saturated rings. The number of amides is 1. The Balaban J connectivity index is 1.63. The van der Waals surface area contributed by atoms with E-state index in [1.165, 1.54) is 16.9 Å². The van der Waals surface area contributed by atoms with Crippen molar-refractivity contribution in [2.45, 2.75) is 26.2 Å². The molecule has 0 spiro atoms. The number of fused-ring (bicyclic) bond motifs is 2. The minimum absolute atomic E-state index is 0.0200. The molecule has 0 bridgehead atoms. The summed E-state index contributed by atoms with van der Waals surface area (Å²) < 4.78 is 0. The molecule has 1 amide bonds. The Labute approximate surface area is 139 Å². The quantitative estimate of drug-likeness (QED) is 0.745. The molecule has 3 nitrogen and oxygen atoms in total. The number of nitrogens with zero attached hydrogens (tertiary/aromatic N) is 1. The van der Waals surface area contributed by atoms with Crippen molar-refractivity contribution in [3.05, 3.63) is 57.9 Å². The first-order valence-corrected chi connectivity index (χ1v) is 8.79. The van der Waals surface area contributed by atoms with Gasteiger partial charge in [-0.1, -0.05) is 13.0 Å². The molecular formula is C19H18N2OS. The standard InChI is InChI=1S/C19H18N2OS/c1-12-7-8-17-13(10-12)11-18(23-17)19(22)21-16-6-2-5-15-14(16)4-3-9-20-15/h2-6,9,11-12H,7-8,10H2,1H3,(H,21,22). The molecule has 1 aliphatic rings. The van der Waals surface area contributed by atoms with Crippen molar-refractivity contribution < 1.29 is 4.79 Å². The Morgan fingerprint density at radius 3 is 3.13 bits per heavy atom. The maximum absolute atomic E-state index is 12.6. The third-order valence-electron chi connectivity index (χ3n) is 4.45. The van der Waals surface area contributed by atoms with Gasteiger partial charge in [0.2, 0.25) is 0 Å². The maximum Gasteiger partial charge on any atom is 0.265 e. The van der Waals surface area contributed by atoms with Gasteiger partial charge < -0.3 is 5.32 Å². The van der Waals surface area contributed by atoms with Crippen LogP contribution in [-0.2, 0) is 12.8 Å². The predicted molar refractivity (Wildman–Crippen MR) is 95.2 cm³/mol. The van der Waals surface area contributed by atoms with Crippen molar-refractivity contribution >= 4 is 33.8 Å². The second-order valence-corrected chi connectivity index (χ2v) is 7.37. The van der Waals surface area contributed by atoms with Gasteiger partial charge >= 0.3 is 0 Å². The van der Waals surface area contributed by atoms with Crippen molar-refractivity contribution in [2.75, 3.05) is 5.32 Å². The van der Waals surface area contributed by atoms with E-state index in [1.807, 2.05) is 30.3 Å². The summed E-state index contributed by atoms with van der Waals surface area (Å²) in [7, 11) is 0. The third kappa shape index (κ3) is 2.75.